The van der Waals surface area contributed by atoms with E-state index in [4.69, 9.17) is 18.0 Å². The van der Waals surface area contributed by atoms with Crippen molar-refractivity contribution in [1.82, 2.24) is 5.43 Å². The summed E-state index contributed by atoms with van der Waals surface area (Å²) in [6.45, 7) is 0.0805. The average molecular weight is 327 g/mol. The Morgan fingerprint density at radius 2 is 2.15 bits per heavy atom. The van der Waals surface area contributed by atoms with E-state index in [9.17, 15) is 8.42 Å². The number of halogens is 1. The molecule has 0 fully saturated rings. The van der Waals surface area contributed by atoms with Gasteiger partial charge in [-0.15, -0.1) is 17.8 Å². The van der Waals surface area contributed by atoms with Gasteiger partial charge in [-0.05, 0) is 29.6 Å². The van der Waals surface area contributed by atoms with Crippen molar-refractivity contribution in [3.05, 3.63) is 46.8 Å². The topological polar surface area (TPSA) is 49.4 Å². The molecule has 0 radical (unpaired) electrons. The van der Waals surface area contributed by atoms with Crippen LogP contribution < -0.4 is 9.84 Å². The van der Waals surface area contributed by atoms with Gasteiger partial charge in [-0.1, -0.05) is 29.7 Å². The zero-order chi connectivity index (χ0) is 14.6. The van der Waals surface area contributed by atoms with Crippen molar-refractivity contribution in [2.75, 3.05) is 11.0 Å². The fraction of sp³-hybridized carbons (Fsp3) is 0.0769. The van der Waals surface area contributed by atoms with Crippen LogP contribution in [-0.2, 0) is 10.0 Å². The Balaban J connectivity index is 2.46. The van der Waals surface area contributed by atoms with Crippen LogP contribution in [0.2, 0.25) is 5.02 Å². The maximum Gasteiger partial charge on any atom is 0.287 e. The molecule has 2 rings (SSSR count). The quantitative estimate of drug-likeness (QED) is 0.679. The lowest BCUT2D eigenvalue weighted by Crippen LogP contribution is -2.43. The Morgan fingerprint density at radius 1 is 1.35 bits per heavy atom. The number of nitrogens with one attached hydrogen (secondary N) is 1. The summed E-state index contributed by atoms with van der Waals surface area (Å²) in [6.07, 6.45) is 5.19. The first kappa shape index (κ1) is 14.9. The number of benzene rings is 1. The molecule has 0 aliphatic carbocycles. The zero-order valence-electron chi connectivity index (χ0n) is 10.3. The van der Waals surface area contributed by atoms with Crippen LogP contribution in [0.25, 0.3) is 0 Å². The molecule has 0 bridgehead atoms. The van der Waals surface area contributed by atoms with E-state index in [1.54, 1.807) is 35.7 Å². The third-order valence-corrected chi connectivity index (χ3v) is 5.64. The van der Waals surface area contributed by atoms with E-state index in [0.29, 0.717) is 10.7 Å². The summed E-state index contributed by atoms with van der Waals surface area (Å²) in [4.78, 5) is 0. The molecular weight excluding hydrogens is 316 g/mol. The van der Waals surface area contributed by atoms with Gasteiger partial charge in [0.25, 0.3) is 10.0 Å². The van der Waals surface area contributed by atoms with Gasteiger partial charge in [-0.2, -0.15) is 12.8 Å². The number of hydrogen-bond acceptors (Lipinski definition) is 4. The molecule has 0 aliphatic heterocycles. The Morgan fingerprint density at radius 3 is 2.75 bits per heavy atom. The standard InChI is InChI=1S/C13H11ClN2O2S2/c1-2-8-15-16(12-6-3-5-11(14)10-12)20(17,18)13-7-4-9-19-13/h1,3-7,9-10,15H,8H2. The van der Waals surface area contributed by atoms with Gasteiger partial charge in [0, 0.05) is 5.02 Å². The molecule has 0 saturated carbocycles. The van der Waals surface area contributed by atoms with Crippen molar-refractivity contribution in [2.24, 2.45) is 0 Å². The lowest BCUT2D eigenvalue weighted by molar-refractivity contribution is 0.584. The minimum atomic E-state index is -3.71. The Bertz CT molecular complexity index is 721. The van der Waals surface area contributed by atoms with Crippen molar-refractivity contribution in [3.63, 3.8) is 0 Å². The second-order valence-electron chi connectivity index (χ2n) is 3.72. The first-order valence-electron chi connectivity index (χ1n) is 5.57. The molecule has 1 N–H and O–H groups in total. The summed E-state index contributed by atoms with van der Waals surface area (Å²) < 4.78 is 26.4. The predicted octanol–water partition coefficient (Wildman–Crippen LogP) is 2.73. The number of rotatable bonds is 5. The molecule has 7 heteroatoms. The fourth-order valence-electron chi connectivity index (χ4n) is 1.54. The van der Waals surface area contributed by atoms with E-state index in [1.807, 2.05) is 0 Å². The number of nitrogens with zero attached hydrogens (tertiary/aromatic N) is 1. The second-order valence-corrected chi connectivity index (χ2v) is 7.12. The first-order valence-corrected chi connectivity index (χ1v) is 8.27. The Hall–Kier alpha value is -1.52. The highest BCUT2D eigenvalue weighted by atomic mass is 35.5. The van der Waals surface area contributed by atoms with E-state index in [-0.39, 0.29) is 10.8 Å². The number of sulfonamides is 1. The molecule has 1 heterocycles. The van der Waals surface area contributed by atoms with Crippen LogP contribution in [0.3, 0.4) is 0 Å². The molecular formula is C13H11ClN2O2S2. The van der Waals surface area contributed by atoms with Gasteiger partial charge in [0.1, 0.15) is 4.21 Å². The van der Waals surface area contributed by atoms with Gasteiger partial charge in [0.05, 0.1) is 12.2 Å². The molecule has 1 aromatic carbocycles. The van der Waals surface area contributed by atoms with Gasteiger partial charge in [-0.25, -0.2) is 5.43 Å². The highest BCUT2D eigenvalue weighted by molar-refractivity contribution is 7.94. The van der Waals surface area contributed by atoms with Crippen molar-refractivity contribution in [1.29, 1.82) is 0 Å². The summed E-state index contributed by atoms with van der Waals surface area (Å²) in [5, 5.41) is 2.14. The van der Waals surface area contributed by atoms with Crippen molar-refractivity contribution < 1.29 is 8.42 Å². The average Bonchev–Trinajstić information content (AvgIpc) is 2.93. The molecule has 0 amide bonds. The van der Waals surface area contributed by atoms with Crippen molar-refractivity contribution in [3.8, 4) is 12.3 Å². The van der Waals surface area contributed by atoms with E-state index >= 15 is 0 Å². The molecule has 0 unspecified atom stereocenters. The largest absolute Gasteiger partial charge is 0.287 e. The predicted molar refractivity (Wildman–Crippen MR) is 82.3 cm³/mol. The van der Waals surface area contributed by atoms with Gasteiger partial charge >= 0.3 is 0 Å². The SMILES string of the molecule is C#CCNN(c1cccc(Cl)c1)S(=O)(=O)c1cccs1. The molecule has 0 aliphatic rings. The van der Waals surface area contributed by atoms with Crippen molar-refractivity contribution >= 4 is 38.6 Å². The molecule has 1 aromatic heterocycles. The Kier molecular flexibility index (Phi) is 4.68. The van der Waals surface area contributed by atoms with E-state index in [1.165, 1.54) is 6.07 Å². The summed E-state index contributed by atoms with van der Waals surface area (Å²) in [7, 11) is -3.71. The summed E-state index contributed by atoms with van der Waals surface area (Å²) in [5.41, 5.74) is 3.10. The second kappa shape index (κ2) is 6.29. The van der Waals surface area contributed by atoms with Crippen LogP contribution in [0.1, 0.15) is 0 Å². The Labute approximate surface area is 127 Å². The molecule has 20 heavy (non-hydrogen) atoms. The number of hydrogen-bond donors (Lipinski definition) is 1. The van der Waals surface area contributed by atoms with Crippen LogP contribution in [0.5, 0.6) is 0 Å². The lowest BCUT2D eigenvalue weighted by Gasteiger charge is -2.23. The molecule has 2 aromatic rings. The summed E-state index contributed by atoms with van der Waals surface area (Å²) in [5.74, 6) is 2.35. The third kappa shape index (κ3) is 3.14. The summed E-state index contributed by atoms with van der Waals surface area (Å²) in [6, 6.07) is 9.75. The van der Waals surface area contributed by atoms with E-state index in [2.05, 4.69) is 11.3 Å². The lowest BCUT2D eigenvalue weighted by atomic mass is 10.3. The molecule has 104 valence electrons. The zero-order valence-corrected chi connectivity index (χ0v) is 12.7. The summed E-state index contributed by atoms with van der Waals surface area (Å²) >= 11 is 7.05. The minimum Gasteiger partial charge on any atom is -0.208 e. The van der Waals surface area contributed by atoms with Gasteiger partial charge < -0.3 is 0 Å². The number of terminal acetylenes is 1. The van der Waals surface area contributed by atoms with E-state index < -0.39 is 10.0 Å². The maximum atomic E-state index is 12.6. The maximum absolute atomic E-state index is 12.6. The van der Waals surface area contributed by atoms with Crippen LogP contribution in [-0.4, -0.2) is 15.0 Å². The molecule has 4 nitrogen and oxygen atoms in total. The van der Waals surface area contributed by atoms with Gasteiger partial charge in [-0.3, -0.25) is 0 Å². The highest BCUT2D eigenvalue weighted by Crippen LogP contribution is 2.26. The third-order valence-electron chi connectivity index (χ3n) is 2.36. The monoisotopic (exact) mass is 326 g/mol. The van der Waals surface area contributed by atoms with E-state index in [0.717, 1.165) is 15.8 Å². The number of anilines is 1. The van der Waals surface area contributed by atoms with Crippen LogP contribution in [0.4, 0.5) is 5.69 Å². The van der Waals surface area contributed by atoms with Crippen molar-refractivity contribution in [2.45, 2.75) is 4.21 Å². The number of thiophene rings is 1. The van der Waals surface area contributed by atoms with Crippen LogP contribution >= 0.6 is 22.9 Å². The molecule has 0 saturated heterocycles. The molecule has 0 spiro atoms. The van der Waals surface area contributed by atoms with Gasteiger partial charge in [0.2, 0.25) is 0 Å². The highest BCUT2D eigenvalue weighted by Gasteiger charge is 2.25. The normalized spacial score (nSPS) is 11.0. The minimum absolute atomic E-state index is 0.0805. The van der Waals surface area contributed by atoms with Crippen LogP contribution in [0.15, 0.2) is 46.0 Å². The first-order chi connectivity index (χ1) is 9.55. The van der Waals surface area contributed by atoms with Crippen LogP contribution in [0, 0.1) is 12.3 Å². The van der Waals surface area contributed by atoms with Gasteiger partial charge in [0.15, 0.2) is 0 Å². The molecule has 0 atom stereocenters. The number of hydrazine groups is 1. The fourth-order valence-corrected chi connectivity index (χ4v) is 4.10. The smallest absolute Gasteiger partial charge is 0.208 e.